The van der Waals surface area contributed by atoms with Crippen molar-refractivity contribution >= 4 is 39.2 Å². The highest BCUT2D eigenvalue weighted by atomic mass is 35.5. The number of benzene rings is 3. The molecule has 3 heterocycles. The number of aromatic nitrogens is 2. The number of hydrogen-bond acceptors (Lipinski definition) is 13. The van der Waals surface area contributed by atoms with E-state index in [2.05, 4.69) is 20.0 Å². The van der Waals surface area contributed by atoms with E-state index in [-0.39, 0.29) is 64.7 Å². The van der Waals surface area contributed by atoms with Gasteiger partial charge in [0.15, 0.2) is 23.1 Å². The number of carbonyl (C=O) groups excluding carboxylic acids is 1. The highest BCUT2D eigenvalue weighted by Crippen LogP contribution is 2.42. The van der Waals surface area contributed by atoms with Gasteiger partial charge in [-0.15, -0.1) is 0 Å². The molecule has 49 heavy (non-hydrogen) atoms. The van der Waals surface area contributed by atoms with Crippen LogP contribution in [0.15, 0.2) is 88.6 Å². The number of furan rings is 1. The summed E-state index contributed by atoms with van der Waals surface area (Å²) in [7, 11) is -1.35. The minimum Gasteiger partial charge on any atom is -0.497 e. The second-order valence-electron chi connectivity index (χ2n) is 9.90. The van der Waals surface area contributed by atoms with Crippen LogP contribution in [0.4, 0.5) is 16.3 Å². The van der Waals surface area contributed by atoms with Gasteiger partial charge in [0.05, 0.1) is 36.1 Å². The molecule has 0 fully saturated rings. The third kappa shape index (κ3) is 7.82. The first-order valence-corrected chi connectivity index (χ1v) is 16.2. The molecule has 0 saturated heterocycles. The van der Waals surface area contributed by atoms with Gasteiger partial charge in [-0.3, -0.25) is 10.0 Å². The molecule has 0 spiro atoms. The standard InChI is InChI=1S/C32H27ClN4O11S/c1-41-21-5-3-19(4-6-21)29-35-30(37-49(39,40)23-8-10-25-27(16-23)47-18-46-25)28(48-26-15-22(42-2)7-9-24(26)33)31(36-29)44-13-14-45-32(38)34-20-11-12-43-17-20/h3-12,15-17H,13-14,18H2,1-2H3,(H,34,38)(H,35,36,37). The van der Waals surface area contributed by atoms with Crippen LogP contribution in [-0.2, 0) is 14.8 Å². The Balaban J connectivity index is 1.39. The molecular weight excluding hydrogens is 684 g/mol. The summed E-state index contributed by atoms with van der Waals surface area (Å²) >= 11 is 6.46. The van der Waals surface area contributed by atoms with Crippen LogP contribution < -0.4 is 38.5 Å². The molecule has 17 heteroatoms. The molecule has 0 atom stereocenters. The van der Waals surface area contributed by atoms with Crippen molar-refractivity contribution in [1.29, 1.82) is 0 Å². The van der Waals surface area contributed by atoms with Crippen LogP contribution in [0.25, 0.3) is 11.4 Å². The van der Waals surface area contributed by atoms with E-state index < -0.39 is 16.1 Å². The summed E-state index contributed by atoms with van der Waals surface area (Å²) in [5.74, 6) is 1.00. The molecule has 15 nitrogen and oxygen atoms in total. The Hall–Kier alpha value is -5.87. The first-order chi connectivity index (χ1) is 23.7. The number of hydrogen-bond donors (Lipinski definition) is 2. The van der Waals surface area contributed by atoms with Crippen LogP contribution in [0.3, 0.4) is 0 Å². The quantitative estimate of drug-likeness (QED) is 0.129. The zero-order valence-electron chi connectivity index (χ0n) is 25.8. The van der Waals surface area contributed by atoms with Gasteiger partial charge in [-0.2, -0.15) is 4.98 Å². The first kappa shape index (κ1) is 33.0. The van der Waals surface area contributed by atoms with Crippen LogP contribution in [0, 0.1) is 0 Å². The summed E-state index contributed by atoms with van der Waals surface area (Å²) in [5, 5.41) is 2.66. The van der Waals surface area contributed by atoms with Crippen LogP contribution in [0.5, 0.6) is 40.4 Å². The maximum Gasteiger partial charge on any atom is 0.411 e. The molecule has 2 aromatic heterocycles. The van der Waals surface area contributed by atoms with E-state index in [0.717, 1.165) is 0 Å². The number of fused-ring (bicyclic) bond motifs is 1. The average molecular weight is 711 g/mol. The molecule has 5 aromatic rings. The highest BCUT2D eigenvalue weighted by molar-refractivity contribution is 7.92. The SMILES string of the molecule is COc1ccc(-c2nc(NS(=O)(=O)c3ccc4c(c3)OCO4)c(Oc3cc(OC)ccc3Cl)c(OCCOC(=O)Nc3ccoc3)n2)cc1. The molecule has 0 bridgehead atoms. The molecule has 0 radical (unpaired) electrons. The number of nitrogens with zero attached hydrogens (tertiary/aromatic N) is 2. The summed E-state index contributed by atoms with van der Waals surface area (Å²) in [4.78, 5) is 21.1. The fourth-order valence-corrected chi connectivity index (χ4v) is 5.53. The van der Waals surface area contributed by atoms with Crippen molar-refractivity contribution < 1.29 is 50.8 Å². The Labute approximate surface area is 284 Å². The Kier molecular flexibility index (Phi) is 9.77. The summed E-state index contributed by atoms with van der Waals surface area (Å²) in [5.41, 5.74) is 0.881. The summed E-state index contributed by atoms with van der Waals surface area (Å²) < 4.78 is 73.6. The van der Waals surface area contributed by atoms with E-state index >= 15 is 0 Å². The first-order valence-electron chi connectivity index (χ1n) is 14.3. The van der Waals surface area contributed by atoms with Crippen molar-refractivity contribution in [3.05, 3.63) is 84.3 Å². The number of rotatable bonds is 13. The maximum atomic E-state index is 13.8. The lowest BCUT2D eigenvalue weighted by molar-refractivity contribution is 0.135. The van der Waals surface area contributed by atoms with Gasteiger partial charge >= 0.3 is 6.09 Å². The zero-order valence-corrected chi connectivity index (χ0v) is 27.4. The highest BCUT2D eigenvalue weighted by Gasteiger charge is 2.27. The molecule has 1 aliphatic heterocycles. The van der Waals surface area contributed by atoms with Crippen molar-refractivity contribution in [3.8, 4) is 51.8 Å². The normalized spacial score (nSPS) is 11.8. The smallest absolute Gasteiger partial charge is 0.411 e. The number of nitrogens with one attached hydrogen (secondary N) is 2. The van der Waals surface area contributed by atoms with Crippen molar-refractivity contribution in [2.45, 2.75) is 4.90 Å². The maximum absolute atomic E-state index is 13.8. The van der Waals surface area contributed by atoms with Crippen LogP contribution in [-0.4, -0.2) is 58.7 Å². The lowest BCUT2D eigenvalue weighted by Gasteiger charge is -2.18. The molecular formula is C32H27ClN4O11S. The predicted octanol–water partition coefficient (Wildman–Crippen LogP) is 6.36. The topological polar surface area (TPSA) is 179 Å². The molecule has 1 amide bonds. The molecule has 0 unspecified atom stereocenters. The number of sulfonamides is 1. The lowest BCUT2D eigenvalue weighted by atomic mass is 10.2. The van der Waals surface area contributed by atoms with E-state index in [1.807, 2.05) is 0 Å². The van der Waals surface area contributed by atoms with Gasteiger partial charge in [-0.1, -0.05) is 11.6 Å². The van der Waals surface area contributed by atoms with Gasteiger partial charge in [0, 0.05) is 23.8 Å². The minimum atomic E-state index is -4.33. The third-order valence-electron chi connectivity index (χ3n) is 6.74. The Bertz CT molecular complexity index is 2060. The molecule has 0 saturated carbocycles. The fourth-order valence-electron chi connectivity index (χ4n) is 4.35. The van der Waals surface area contributed by atoms with Gasteiger partial charge in [-0.25, -0.2) is 18.2 Å². The molecule has 2 N–H and O–H groups in total. The van der Waals surface area contributed by atoms with Crippen LogP contribution in [0.2, 0.25) is 5.02 Å². The van der Waals surface area contributed by atoms with Gasteiger partial charge in [0.1, 0.15) is 36.7 Å². The summed E-state index contributed by atoms with van der Waals surface area (Å²) in [6.07, 6.45) is 1.96. The van der Waals surface area contributed by atoms with Gasteiger partial charge in [0.25, 0.3) is 15.9 Å². The number of ether oxygens (including phenoxy) is 7. The fraction of sp³-hybridized carbons (Fsp3) is 0.156. The number of anilines is 2. The number of amides is 1. The van der Waals surface area contributed by atoms with Gasteiger partial charge in [0.2, 0.25) is 12.5 Å². The number of methoxy groups -OCH3 is 2. The van der Waals surface area contributed by atoms with Crippen molar-refractivity contribution in [3.63, 3.8) is 0 Å². The summed E-state index contributed by atoms with van der Waals surface area (Å²) in [6, 6.07) is 17.0. The minimum absolute atomic E-state index is 0.0436. The van der Waals surface area contributed by atoms with Gasteiger partial charge in [-0.05, 0) is 48.5 Å². The second-order valence-corrected chi connectivity index (χ2v) is 12.0. The molecule has 0 aliphatic carbocycles. The Morgan fingerprint density at radius 3 is 2.45 bits per heavy atom. The predicted molar refractivity (Wildman–Crippen MR) is 175 cm³/mol. The van der Waals surface area contributed by atoms with E-state index in [1.165, 1.54) is 57.1 Å². The van der Waals surface area contributed by atoms with Crippen molar-refractivity contribution in [1.82, 2.24) is 9.97 Å². The van der Waals surface area contributed by atoms with E-state index in [9.17, 15) is 13.2 Å². The Morgan fingerprint density at radius 2 is 1.69 bits per heavy atom. The van der Waals surface area contributed by atoms with E-state index in [4.69, 9.17) is 49.2 Å². The Morgan fingerprint density at radius 1 is 0.918 bits per heavy atom. The molecule has 1 aliphatic rings. The lowest BCUT2D eigenvalue weighted by Crippen LogP contribution is -2.19. The third-order valence-corrected chi connectivity index (χ3v) is 8.39. The zero-order chi connectivity index (χ0) is 34.4. The van der Waals surface area contributed by atoms with Crippen LogP contribution >= 0.6 is 11.6 Å². The molecule has 254 valence electrons. The number of carbonyl (C=O) groups is 1. The summed E-state index contributed by atoms with van der Waals surface area (Å²) in [6.45, 7) is -0.504. The monoisotopic (exact) mass is 710 g/mol. The van der Waals surface area contributed by atoms with Crippen molar-refractivity contribution in [2.24, 2.45) is 0 Å². The average Bonchev–Trinajstić information content (AvgIpc) is 3.80. The largest absolute Gasteiger partial charge is 0.497 e. The second kappa shape index (κ2) is 14.5. The van der Waals surface area contributed by atoms with Gasteiger partial charge < -0.3 is 37.6 Å². The molecule has 3 aromatic carbocycles. The van der Waals surface area contributed by atoms with E-state index in [1.54, 1.807) is 36.4 Å². The molecule has 6 rings (SSSR count). The van der Waals surface area contributed by atoms with Crippen molar-refractivity contribution in [2.75, 3.05) is 44.3 Å². The van der Waals surface area contributed by atoms with E-state index in [0.29, 0.717) is 28.5 Å². The number of halogens is 1. The van der Waals surface area contributed by atoms with Crippen LogP contribution in [0.1, 0.15) is 0 Å².